The minimum Gasteiger partial charge on any atom is -0.364 e. The summed E-state index contributed by atoms with van der Waals surface area (Å²) < 4.78 is 0. The normalized spacial score (nSPS) is 18.6. The van der Waals surface area contributed by atoms with Gasteiger partial charge >= 0.3 is 0 Å². The van der Waals surface area contributed by atoms with E-state index in [-0.39, 0.29) is 11.9 Å². The Balaban J connectivity index is 1.63. The molecule has 0 bridgehead atoms. The average Bonchev–Trinajstić information content (AvgIpc) is 2.89. The lowest BCUT2D eigenvalue weighted by atomic mass is 9.94. The fraction of sp³-hybridized carbons (Fsp3) is 0.208. The van der Waals surface area contributed by atoms with E-state index in [2.05, 4.69) is 82.3 Å². The van der Waals surface area contributed by atoms with Crippen molar-refractivity contribution >= 4 is 17.3 Å². The summed E-state index contributed by atoms with van der Waals surface area (Å²) in [5, 5.41) is 6.51. The Hall–Kier alpha value is -3.11. The number of anilines is 2. The number of benzene rings is 3. The number of piperazine rings is 1. The van der Waals surface area contributed by atoms with Crippen LogP contribution in [0, 0.1) is 0 Å². The van der Waals surface area contributed by atoms with Gasteiger partial charge in [-0.1, -0.05) is 60.7 Å². The number of rotatable bonds is 2. The average molecular weight is 369 g/mol. The molecule has 140 valence electrons. The van der Waals surface area contributed by atoms with Gasteiger partial charge in [0.05, 0.1) is 17.4 Å². The summed E-state index contributed by atoms with van der Waals surface area (Å²) >= 11 is 0. The number of hydrogen-bond acceptors (Lipinski definition) is 3. The first-order chi connectivity index (χ1) is 13.8. The van der Waals surface area contributed by atoms with Crippen molar-refractivity contribution in [2.45, 2.75) is 12.5 Å². The van der Waals surface area contributed by atoms with Gasteiger partial charge in [-0.25, -0.2) is 0 Å². The summed E-state index contributed by atoms with van der Waals surface area (Å²) in [4.78, 5) is 14.7. The van der Waals surface area contributed by atoms with Crippen LogP contribution in [-0.2, 0) is 4.79 Å². The SMILES string of the molecule is O=C1CC2CNCCN2c2cc(-c3ccccc3-c3ccccc3)ccc2N1. The highest BCUT2D eigenvalue weighted by atomic mass is 16.1. The Labute approximate surface area is 165 Å². The molecular formula is C24H23N3O. The number of hydrogen-bond donors (Lipinski definition) is 2. The van der Waals surface area contributed by atoms with Crippen molar-refractivity contribution in [1.29, 1.82) is 0 Å². The van der Waals surface area contributed by atoms with Crippen molar-refractivity contribution in [3.8, 4) is 22.3 Å². The molecule has 2 heterocycles. The summed E-state index contributed by atoms with van der Waals surface area (Å²) in [6, 6.07) is 25.6. The molecule has 2 aliphatic rings. The van der Waals surface area contributed by atoms with E-state index in [1.54, 1.807) is 0 Å². The minimum absolute atomic E-state index is 0.0925. The van der Waals surface area contributed by atoms with E-state index in [9.17, 15) is 4.79 Å². The van der Waals surface area contributed by atoms with Crippen LogP contribution in [-0.4, -0.2) is 31.6 Å². The maximum Gasteiger partial charge on any atom is 0.226 e. The van der Waals surface area contributed by atoms with Crippen LogP contribution in [0.2, 0.25) is 0 Å². The highest BCUT2D eigenvalue weighted by Gasteiger charge is 2.30. The molecule has 0 spiro atoms. The van der Waals surface area contributed by atoms with Crippen LogP contribution in [0.4, 0.5) is 11.4 Å². The lowest BCUT2D eigenvalue weighted by Crippen LogP contribution is -2.51. The minimum atomic E-state index is 0.0925. The molecule has 5 rings (SSSR count). The standard InChI is InChI=1S/C24H23N3O/c28-24-15-19-16-25-12-13-27(19)23-14-18(10-11-22(23)26-24)21-9-5-4-8-20(21)17-6-2-1-3-7-17/h1-11,14,19,25H,12-13,15-16H2,(H,26,28). The third-order valence-electron chi connectivity index (χ3n) is 5.68. The molecule has 0 saturated carbocycles. The molecule has 2 N–H and O–H groups in total. The molecule has 2 aliphatic heterocycles. The van der Waals surface area contributed by atoms with Gasteiger partial charge in [0.25, 0.3) is 0 Å². The van der Waals surface area contributed by atoms with Gasteiger partial charge in [-0.15, -0.1) is 0 Å². The summed E-state index contributed by atoms with van der Waals surface area (Å²) in [6.07, 6.45) is 0.525. The molecule has 4 nitrogen and oxygen atoms in total. The topological polar surface area (TPSA) is 44.4 Å². The first-order valence-electron chi connectivity index (χ1n) is 9.86. The molecule has 1 saturated heterocycles. The number of nitrogens with zero attached hydrogens (tertiary/aromatic N) is 1. The smallest absolute Gasteiger partial charge is 0.226 e. The van der Waals surface area contributed by atoms with Crippen LogP contribution in [0.1, 0.15) is 6.42 Å². The third kappa shape index (κ3) is 3.06. The van der Waals surface area contributed by atoms with E-state index in [0.29, 0.717) is 6.42 Å². The molecule has 28 heavy (non-hydrogen) atoms. The van der Waals surface area contributed by atoms with Crippen LogP contribution < -0.4 is 15.5 Å². The molecule has 0 aliphatic carbocycles. The number of amides is 1. The number of fused-ring (bicyclic) bond motifs is 3. The number of carbonyl (C=O) groups is 1. The Kier molecular flexibility index (Phi) is 4.34. The zero-order valence-electron chi connectivity index (χ0n) is 15.7. The molecule has 3 aromatic carbocycles. The second-order valence-electron chi connectivity index (χ2n) is 7.45. The van der Waals surface area contributed by atoms with Crippen LogP contribution in [0.5, 0.6) is 0 Å². The fourth-order valence-electron chi connectivity index (χ4n) is 4.32. The molecule has 4 heteroatoms. The largest absolute Gasteiger partial charge is 0.364 e. The van der Waals surface area contributed by atoms with E-state index in [1.165, 1.54) is 22.3 Å². The predicted octanol–water partition coefficient (Wildman–Crippen LogP) is 4.14. The molecule has 0 radical (unpaired) electrons. The van der Waals surface area contributed by atoms with Crippen LogP contribution >= 0.6 is 0 Å². The van der Waals surface area contributed by atoms with Crippen LogP contribution in [0.25, 0.3) is 22.3 Å². The van der Waals surface area contributed by atoms with E-state index in [4.69, 9.17) is 0 Å². The summed E-state index contributed by atoms with van der Waals surface area (Å²) in [7, 11) is 0. The summed E-state index contributed by atoms with van der Waals surface area (Å²) in [5.41, 5.74) is 6.84. The van der Waals surface area contributed by atoms with E-state index >= 15 is 0 Å². The zero-order valence-corrected chi connectivity index (χ0v) is 15.7. The lowest BCUT2D eigenvalue weighted by molar-refractivity contribution is -0.116. The second kappa shape index (κ2) is 7.13. The second-order valence-corrected chi connectivity index (χ2v) is 7.45. The van der Waals surface area contributed by atoms with E-state index < -0.39 is 0 Å². The van der Waals surface area contributed by atoms with Gasteiger partial charge in [-0.2, -0.15) is 0 Å². The molecule has 1 fully saturated rings. The van der Waals surface area contributed by atoms with Crippen molar-refractivity contribution in [2.24, 2.45) is 0 Å². The van der Waals surface area contributed by atoms with Crippen molar-refractivity contribution < 1.29 is 4.79 Å². The van der Waals surface area contributed by atoms with Gasteiger partial charge in [-0.3, -0.25) is 4.79 Å². The highest BCUT2D eigenvalue weighted by Crippen LogP contribution is 2.38. The lowest BCUT2D eigenvalue weighted by Gasteiger charge is -2.36. The summed E-state index contributed by atoms with van der Waals surface area (Å²) in [5.74, 6) is 0.0925. The van der Waals surface area contributed by atoms with Crippen molar-refractivity contribution in [3.05, 3.63) is 72.8 Å². The maximum atomic E-state index is 12.3. The van der Waals surface area contributed by atoms with Crippen molar-refractivity contribution in [3.63, 3.8) is 0 Å². The van der Waals surface area contributed by atoms with Gasteiger partial charge in [0, 0.05) is 26.1 Å². The molecule has 1 amide bonds. The van der Waals surface area contributed by atoms with Gasteiger partial charge in [0.1, 0.15) is 0 Å². The Morgan fingerprint density at radius 2 is 1.61 bits per heavy atom. The van der Waals surface area contributed by atoms with Crippen molar-refractivity contribution in [2.75, 3.05) is 29.9 Å². The molecule has 1 unspecified atom stereocenters. The first kappa shape index (κ1) is 17.0. The molecule has 3 aromatic rings. The number of carbonyl (C=O) groups excluding carboxylic acids is 1. The predicted molar refractivity (Wildman–Crippen MR) is 115 cm³/mol. The quantitative estimate of drug-likeness (QED) is 0.714. The monoisotopic (exact) mass is 369 g/mol. The fourth-order valence-corrected chi connectivity index (χ4v) is 4.32. The number of nitrogens with one attached hydrogen (secondary N) is 2. The van der Waals surface area contributed by atoms with E-state index in [0.717, 1.165) is 31.0 Å². The molecule has 0 aromatic heterocycles. The third-order valence-corrected chi connectivity index (χ3v) is 5.68. The zero-order chi connectivity index (χ0) is 18.9. The Bertz CT molecular complexity index is 1020. The van der Waals surface area contributed by atoms with Crippen molar-refractivity contribution in [1.82, 2.24) is 5.32 Å². The van der Waals surface area contributed by atoms with Crippen LogP contribution in [0.15, 0.2) is 72.8 Å². The highest BCUT2D eigenvalue weighted by molar-refractivity contribution is 5.98. The van der Waals surface area contributed by atoms with Gasteiger partial charge < -0.3 is 15.5 Å². The van der Waals surface area contributed by atoms with Gasteiger partial charge in [-0.05, 0) is 34.4 Å². The summed E-state index contributed by atoms with van der Waals surface area (Å²) in [6.45, 7) is 2.70. The Morgan fingerprint density at radius 3 is 2.43 bits per heavy atom. The maximum absolute atomic E-state index is 12.3. The molecule has 1 atom stereocenters. The van der Waals surface area contributed by atoms with Gasteiger partial charge in [0.15, 0.2) is 0 Å². The van der Waals surface area contributed by atoms with E-state index in [1.807, 2.05) is 6.07 Å². The van der Waals surface area contributed by atoms with Crippen LogP contribution in [0.3, 0.4) is 0 Å². The first-order valence-corrected chi connectivity index (χ1v) is 9.86. The molecular weight excluding hydrogens is 346 g/mol. The van der Waals surface area contributed by atoms with Gasteiger partial charge in [0.2, 0.25) is 5.91 Å². The Morgan fingerprint density at radius 1 is 0.857 bits per heavy atom.